The van der Waals surface area contributed by atoms with Gasteiger partial charge in [-0.1, -0.05) is 30.3 Å². The molecule has 1 aromatic rings. The van der Waals surface area contributed by atoms with Crippen LogP contribution in [0.3, 0.4) is 0 Å². The Kier molecular flexibility index (Phi) is 4.31. The second-order valence-corrected chi connectivity index (χ2v) is 4.13. The first kappa shape index (κ1) is 12.5. The molecule has 0 bridgehead atoms. The molecule has 0 heterocycles. The molecular formula is C12H17NO3. The highest BCUT2D eigenvalue weighted by Crippen LogP contribution is 2.13. The number of hydrogen-bond acceptors (Lipinski definition) is 2. The third-order valence-corrected chi connectivity index (χ3v) is 2.57. The minimum atomic E-state index is -1.11. The van der Waals surface area contributed by atoms with E-state index in [0.29, 0.717) is 6.42 Å². The predicted octanol–water partition coefficient (Wildman–Crippen LogP) is 1.64. The third-order valence-electron chi connectivity index (χ3n) is 2.57. The monoisotopic (exact) mass is 223 g/mol. The maximum absolute atomic E-state index is 10.6. The molecule has 0 fully saturated rings. The molecule has 1 amide bonds. The Hall–Kier alpha value is -1.55. The van der Waals surface area contributed by atoms with E-state index >= 15 is 0 Å². The Morgan fingerprint density at radius 1 is 1.38 bits per heavy atom. The molecule has 0 radical (unpaired) electrons. The molecule has 0 aliphatic rings. The molecule has 1 aromatic carbocycles. The van der Waals surface area contributed by atoms with Crippen molar-refractivity contribution < 1.29 is 15.0 Å². The van der Waals surface area contributed by atoms with Crippen LogP contribution < -0.4 is 5.32 Å². The summed E-state index contributed by atoms with van der Waals surface area (Å²) in [4.78, 5) is 10.6. The van der Waals surface area contributed by atoms with Crippen LogP contribution in [0.2, 0.25) is 0 Å². The first-order valence-corrected chi connectivity index (χ1v) is 5.22. The van der Waals surface area contributed by atoms with Gasteiger partial charge in [0.2, 0.25) is 0 Å². The number of benzene rings is 1. The van der Waals surface area contributed by atoms with Crippen molar-refractivity contribution in [3.8, 4) is 0 Å². The fraction of sp³-hybridized carbons (Fsp3) is 0.417. The molecule has 1 rings (SSSR count). The summed E-state index contributed by atoms with van der Waals surface area (Å²) in [6, 6.07) is 9.79. The van der Waals surface area contributed by atoms with Crippen molar-refractivity contribution in [2.24, 2.45) is 0 Å². The molecule has 16 heavy (non-hydrogen) atoms. The van der Waals surface area contributed by atoms with Crippen LogP contribution in [0.15, 0.2) is 30.3 Å². The van der Waals surface area contributed by atoms with E-state index in [4.69, 9.17) is 5.11 Å². The molecule has 3 N–H and O–H groups in total. The van der Waals surface area contributed by atoms with Gasteiger partial charge in [0, 0.05) is 0 Å². The average Bonchev–Trinajstić information content (AvgIpc) is 2.27. The van der Waals surface area contributed by atoms with Gasteiger partial charge in [-0.25, -0.2) is 4.79 Å². The van der Waals surface area contributed by atoms with Gasteiger partial charge >= 0.3 is 6.09 Å². The highest BCUT2D eigenvalue weighted by molar-refractivity contribution is 5.65. The molecule has 4 heteroatoms. The van der Waals surface area contributed by atoms with Gasteiger partial charge in [-0.05, 0) is 25.3 Å². The average molecular weight is 223 g/mol. The fourth-order valence-electron chi connectivity index (χ4n) is 1.50. The van der Waals surface area contributed by atoms with Crippen molar-refractivity contribution in [3.63, 3.8) is 0 Å². The van der Waals surface area contributed by atoms with Crippen molar-refractivity contribution in [2.45, 2.75) is 25.3 Å². The standard InChI is InChI=1S/C12H17NO3/c1-12(9-14,13-11(15)16)8-7-10-5-3-2-4-6-10/h2-6,13-14H,7-9H2,1H3,(H,15,16). The summed E-state index contributed by atoms with van der Waals surface area (Å²) in [5, 5.41) is 20.2. The number of nitrogens with one attached hydrogen (secondary N) is 1. The number of carbonyl (C=O) groups is 1. The smallest absolute Gasteiger partial charge is 0.405 e. The van der Waals surface area contributed by atoms with Crippen molar-refractivity contribution in [3.05, 3.63) is 35.9 Å². The molecule has 1 atom stereocenters. The van der Waals surface area contributed by atoms with Crippen molar-refractivity contribution in [1.29, 1.82) is 0 Å². The quantitative estimate of drug-likeness (QED) is 0.710. The molecule has 0 saturated heterocycles. The van der Waals surface area contributed by atoms with Gasteiger partial charge in [0.1, 0.15) is 0 Å². The number of carboxylic acid groups (broad SMARTS) is 1. The molecule has 4 nitrogen and oxygen atoms in total. The molecule has 0 aliphatic carbocycles. The molecular weight excluding hydrogens is 206 g/mol. The van der Waals surface area contributed by atoms with Crippen LogP contribution in [0, 0.1) is 0 Å². The molecule has 88 valence electrons. The Labute approximate surface area is 94.9 Å². The summed E-state index contributed by atoms with van der Waals surface area (Å²) in [6.07, 6.45) is 0.197. The van der Waals surface area contributed by atoms with Crippen LogP contribution in [-0.2, 0) is 6.42 Å². The summed E-state index contributed by atoms with van der Waals surface area (Å²) in [6.45, 7) is 1.50. The maximum Gasteiger partial charge on any atom is 0.405 e. The highest BCUT2D eigenvalue weighted by atomic mass is 16.4. The minimum absolute atomic E-state index is 0.202. The SMILES string of the molecule is CC(CO)(CCc1ccccc1)NC(=O)O. The Balaban J connectivity index is 2.54. The molecule has 0 aromatic heterocycles. The van der Waals surface area contributed by atoms with Crippen LogP contribution in [0.25, 0.3) is 0 Å². The van der Waals surface area contributed by atoms with Crippen molar-refractivity contribution in [2.75, 3.05) is 6.61 Å². The topological polar surface area (TPSA) is 69.6 Å². The minimum Gasteiger partial charge on any atom is -0.465 e. The number of rotatable bonds is 5. The summed E-state index contributed by atoms with van der Waals surface area (Å²) in [5.74, 6) is 0. The zero-order chi connectivity index (χ0) is 12.0. The van der Waals surface area contributed by atoms with Crippen LogP contribution in [0.1, 0.15) is 18.9 Å². The second kappa shape index (κ2) is 5.51. The lowest BCUT2D eigenvalue weighted by Gasteiger charge is -2.27. The first-order chi connectivity index (χ1) is 7.56. The maximum atomic E-state index is 10.6. The lowest BCUT2D eigenvalue weighted by Crippen LogP contribution is -2.48. The van der Waals surface area contributed by atoms with E-state index in [0.717, 1.165) is 12.0 Å². The van der Waals surface area contributed by atoms with E-state index in [1.807, 2.05) is 30.3 Å². The largest absolute Gasteiger partial charge is 0.465 e. The van der Waals surface area contributed by atoms with E-state index < -0.39 is 11.6 Å². The lowest BCUT2D eigenvalue weighted by molar-refractivity contribution is 0.141. The van der Waals surface area contributed by atoms with Gasteiger partial charge in [-0.15, -0.1) is 0 Å². The summed E-state index contributed by atoms with van der Waals surface area (Å²) in [7, 11) is 0. The Morgan fingerprint density at radius 3 is 2.50 bits per heavy atom. The Morgan fingerprint density at radius 2 is 2.00 bits per heavy atom. The number of amides is 1. The van der Waals surface area contributed by atoms with Gasteiger partial charge in [0.05, 0.1) is 12.1 Å². The van der Waals surface area contributed by atoms with Gasteiger partial charge in [0.25, 0.3) is 0 Å². The van der Waals surface area contributed by atoms with Gasteiger partial charge in [0.15, 0.2) is 0 Å². The van der Waals surface area contributed by atoms with E-state index in [2.05, 4.69) is 5.32 Å². The molecule has 0 saturated carbocycles. The van der Waals surface area contributed by atoms with Gasteiger partial charge < -0.3 is 15.5 Å². The molecule has 0 aliphatic heterocycles. The van der Waals surface area contributed by atoms with E-state index in [1.165, 1.54) is 0 Å². The zero-order valence-electron chi connectivity index (χ0n) is 9.31. The number of aryl methyl sites for hydroxylation is 1. The molecule has 0 spiro atoms. The highest BCUT2D eigenvalue weighted by Gasteiger charge is 2.24. The Bertz CT molecular complexity index is 339. The molecule has 1 unspecified atom stereocenters. The summed E-state index contributed by atoms with van der Waals surface area (Å²) >= 11 is 0. The summed E-state index contributed by atoms with van der Waals surface area (Å²) in [5.41, 5.74) is 0.358. The van der Waals surface area contributed by atoms with Crippen LogP contribution in [0.5, 0.6) is 0 Å². The van der Waals surface area contributed by atoms with Crippen LogP contribution in [-0.4, -0.2) is 28.5 Å². The van der Waals surface area contributed by atoms with Gasteiger partial charge in [-0.2, -0.15) is 0 Å². The fourth-order valence-corrected chi connectivity index (χ4v) is 1.50. The van der Waals surface area contributed by atoms with Crippen LogP contribution in [0.4, 0.5) is 4.79 Å². The summed E-state index contributed by atoms with van der Waals surface area (Å²) < 4.78 is 0. The van der Waals surface area contributed by atoms with Crippen molar-refractivity contribution in [1.82, 2.24) is 5.32 Å². The second-order valence-electron chi connectivity index (χ2n) is 4.13. The predicted molar refractivity (Wildman–Crippen MR) is 61.4 cm³/mol. The van der Waals surface area contributed by atoms with E-state index in [1.54, 1.807) is 6.92 Å². The first-order valence-electron chi connectivity index (χ1n) is 5.22. The van der Waals surface area contributed by atoms with Crippen molar-refractivity contribution >= 4 is 6.09 Å². The number of aliphatic hydroxyl groups excluding tert-OH is 1. The lowest BCUT2D eigenvalue weighted by atomic mass is 9.94. The van der Waals surface area contributed by atoms with Gasteiger partial charge in [-0.3, -0.25) is 0 Å². The number of aliphatic hydroxyl groups is 1. The normalized spacial score (nSPS) is 14.1. The number of hydrogen-bond donors (Lipinski definition) is 3. The van der Waals surface area contributed by atoms with Crippen LogP contribution >= 0.6 is 0 Å². The third kappa shape index (κ3) is 3.90. The van der Waals surface area contributed by atoms with E-state index in [-0.39, 0.29) is 6.61 Å². The zero-order valence-corrected chi connectivity index (χ0v) is 9.31. The van der Waals surface area contributed by atoms with E-state index in [9.17, 15) is 9.90 Å².